The molecule has 10 aromatic carbocycles. The Labute approximate surface area is 317 Å². The quantitative estimate of drug-likeness (QED) is 0.161. The van der Waals surface area contributed by atoms with Crippen molar-refractivity contribution < 1.29 is 0 Å². The largest absolute Gasteiger partial charge is 0.310 e. The first-order valence-corrected chi connectivity index (χ1v) is 19.3. The average Bonchev–Trinajstić information content (AvgIpc) is 3.64. The van der Waals surface area contributed by atoms with Crippen LogP contribution in [0.2, 0.25) is 0 Å². The third-order valence-corrected chi connectivity index (χ3v) is 12.1. The summed E-state index contributed by atoms with van der Waals surface area (Å²) in [5.41, 5.74) is 8.30. The Bertz CT molecular complexity index is 3190. The second kappa shape index (κ2) is 12.4. The molecule has 1 aromatic heterocycles. The van der Waals surface area contributed by atoms with Crippen molar-refractivity contribution in [2.45, 2.75) is 0 Å². The van der Waals surface area contributed by atoms with Crippen molar-refractivity contribution >= 4 is 91.7 Å². The highest BCUT2D eigenvalue weighted by Crippen LogP contribution is 2.48. The first-order chi connectivity index (χ1) is 26.8. The van der Waals surface area contributed by atoms with Gasteiger partial charge in [0.1, 0.15) is 0 Å². The molecule has 0 saturated heterocycles. The molecule has 0 N–H and O–H groups in total. The molecule has 1 heterocycles. The average molecular weight is 704 g/mol. The molecule has 54 heavy (non-hydrogen) atoms. The zero-order valence-corrected chi connectivity index (χ0v) is 30.2. The van der Waals surface area contributed by atoms with Crippen LogP contribution >= 0.6 is 11.3 Å². The zero-order chi connectivity index (χ0) is 35.6. The van der Waals surface area contributed by atoms with Gasteiger partial charge < -0.3 is 4.90 Å². The van der Waals surface area contributed by atoms with E-state index >= 15 is 0 Å². The number of hydrogen-bond acceptors (Lipinski definition) is 2. The van der Waals surface area contributed by atoms with Crippen LogP contribution in [-0.4, -0.2) is 0 Å². The lowest BCUT2D eigenvalue weighted by Crippen LogP contribution is -2.10. The van der Waals surface area contributed by atoms with E-state index in [0.717, 1.165) is 11.4 Å². The lowest BCUT2D eigenvalue weighted by atomic mass is 9.90. The van der Waals surface area contributed by atoms with Crippen molar-refractivity contribution in [2.75, 3.05) is 4.90 Å². The molecule has 0 atom stereocenters. The molecule has 0 spiro atoms. The van der Waals surface area contributed by atoms with Gasteiger partial charge in [0.2, 0.25) is 0 Å². The number of thiophene rings is 1. The van der Waals surface area contributed by atoms with Crippen molar-refractivity contribution in [1.29, 1.82) is 0 Å². The van der Waals surface area contributed by atoms with Crippen molar-refractivity contribution in [3.05, 3.63) is 200 Å². The van der Waals surface area contributed by atoms with Crippen molar-refractivity contribution in [3.63, 3.8) is 0 Å². The van der Waals surface area contributed by atoms with Gasteiger partial charge in [-0.15, -0.1) is 11.3 Å². The Morgan fingerprint density at radius 1 is 0.315 bits per heavy atom. The number of benzene rings is 10. The number of rotatable bonds is 5. The fourth-order valence-corrected chi connectivity index (χ4v) is 9.66. The van der Waals surface area contributed by atoms with Gasteiger partial charge in [-0.05, 0) is 114 Å². The standard InChI is InChI=1S/C52H33NS/c1-2-11-34(12-3-1)35-21-27-40(28-22-35)53(47-19-10-20-48-52(47)51-44-18-9-5-14-37(44)26-32-49(51)54-48)41-29-23-38(24-30-41)46-33-39-15-6-7-16-42(39)45-31-25-36-13-4-8-17-43(36)50(45)46/h1-33H. The maximum atomic E-state index is 2.45. The van der Waals surface area contributed by atoms with Crippen LogP contribution in [0, 0.1) is 0 Å². The van der Waals surface area contributed by atoms with E-state index < -0.39 is 0 Å². The number of anilines is 3. The molecule has 0 radical (unpaired) electrons. The van der Waals surface area contributed by atoms with Gasteiger partial charge in [0.25, 0.3) is 0 Å². The molecular weight excluding hydrogens is 671 g/mol. The van der Waals surface area contributed by atoms with Gasteiger partial charge in [0.05, 0.1) is 5.69 Å². The molecule has 0 aliphatic carbocycles. The van der Waals surface area contributed by atoms with E-state index in [1.165, 1.54) is 91.2 Å². The molecule has 2 heteroatoms. The monoisotopic (exact) mass is 703 g/mol. The zero-order valence-electron chi connectivity index (χ0n) is 29.4. The Hall–Kier alpha value is -6.74. The van der Waals surface area contributed by atoms with E-state index in [9.17, 15) is 0 Å². The third kappa shape index (κ3) is 4.92. The number of nitrogens with zero attached hydrogens (tertiary/aromatic N) is 1. The highest BCUT2D eigenvalue weighted by molar-refractivity contribution is 7.26. The Morgan fingerprint density at radius 3 is 1.59 bits per heavy atom. The Morgan fingerprint density at radius 2 is 0.870 bits per heavy atom. The molecule has 11 aromatic rings. The smallest absolute Gasteiger partial charge is 0.0555 e. The summed E-state index contributed by atoms with van der Waals surface area (Å²) < 4.78 is 2.59. The predicted molar refractivity (Wildman–Crippen MR) is 235 cm³/mol. The fraction of sp³-hybridized carbons (Fsp3) is 0. The fourth-order valence-electron chi connectivity index (χ4n) is 8.52. The molecule has 0 aliphatic rings. The molecule has 0 amide bonds. The van der Waals surface area contributed by atoms with Crippen molar-refractivity contribution in [1.82, 2.24) is 0 Å². The summed E-state index contributed by atoms with van der Waals surface area (Å²) in [7, 11) is 0. The molecule has 0 aliphatic heterocycles. The minimum Gasteiger partial charge on any atom is -0.310 e. The predicted octanol–water partition coefficient (Wildman–Crippen LogP) is 15.5. The first-order valence-electron chi connectivity index (χ1n) is 18.5. The van der Waals surface area contributed by atoms with Gasteiger partial charge in [-0.1, -0.05) is 152 Å². The summed E-state index contributed by atoms with van der Waals surface area (Å²) in [5, 5.41) is 12.8. The topological polar surface area (TPSA) is 3.24 Å². The maximum Gasteiger partial charge on any atom is 0.0555 e. The number of fused-ring (bicyclic) bond motifs is 10. The summed E-state index contributed by atoms with van der Waals surface area (Å²) in [6.45, 7) is 0. The van der Waals surface area contributed by atoms with Gasteiger partial charge in [-0.3, -0.25) is 0 Å². The van der Waals surface area contributed by atoms with Crippen molar-refractivity contribution in [3.8, 4) is 22.3 Å². The highest BCUT2D eigenvalue weighted by Gasteiger charge is 2.20. The van der Waals surface area contributed by atoms with E-state index in [1.54, 1.807) is 0 Å². The van der Waals surface area contributed by atoms with Gasteiger partial charge in [0.15, 0.2) is 0 Å². The van der Waals surface area contributed by atoms with Crippen LogP contribution in [0.15, 0.2) is 200 Å². The summed E-state index contributed by atoms with van der Waals surface area (Å²) in [6.07, 6.45) is 0. The molecule has 0 bridgehead atoms. The molecule has 0 unspecified atom stereocenters. The lowest BCUT2D eigenvalue weighted by Gasteiger charge is -2.27. The number of hydrogen-bond donors (Lipinski definition) is 0. The van der Waals surface area contributed by atoms with Crippen LogP contribution in [0.5, 0.6) is 0 Å². The van der Waals surface area contributed by atoms with E-state index in [2.05, 4.69) is 205 Å². The van der Waals surface area contributed by atoms with E-state index in [1.807, 2.05) is 11.3 Å². The van der Waals surface area contributed by atoms with E-state index in [-0.39, 0.29) is 0 Å². The molecular formula is C52H33NS. The summed E-state index contributed by atoms with van der Waals surface area (Å²) in [5.74, 6) is 0. The molecule has 11 rings (SSSR count). The van der Waals surface area contributed by atoms with Crippen LogP contribution in [0.4, 0.5) is 17.1 Å². The van der Waals surface area contributed by atoms with Crippen LogP contribution < -0.4 is 4.90 Å². The minimum absolute atomic E-state index is 1.12. The SMILES string of the molecule is c1ccc(-c2ccc(N(c3ccc(-c4cc5ccccc5c5ccc6ccccc6c45)cc3)c3cccc4sc5ccc6ccccc6c5c34)cc2)cc1. The summed E-state index contributed by atoms with van der Waals surface area (Å²) >= 11 is 1.87. The Balaban J connectivity index is 1.13. The third-order valence-electron chi connectivity index (χ3n) is 11.0. The normalized spacial score (nSPS) is 11.7. The van der Waals surface area contributed by atoms with Gasteiger partial charge in [0, 0.05) is 31.5 Å². The van der Waals surface area contributed by atoms with Gasteiger partial charge >= 0.3 is 0 Å². The molecule has 1 nitrogen and oxygen atoms in total. The first kappa shape index (κ1) is 30.8. The van der Waals surface area contributed by atoms with E-state index in [4.69, 9.17) is 0 Å². The molecule has 0 fully saturated rings. The molecule has 252 valence electrons. The van der Waals surface area contributed by atoms with Crippen LogP contribution in [0.25, 0.3) is 85.5 Å². The second-order valence-electron chi connectivity index (χ2n) is 14.1. The van der Waals surface area contributed by atoms with Crippen LogP contribution in [0.1, 0.15) is 0 Å². The lowest BCUT2D eigenvalue weighted by molar-refractivity contribution is 1.30. The summed E-state index contributed by atoms with van der Waals surface area (Å²) in [6, 6.07) is 73.5. The second-order valence-corrected chi connectivity index (χ2v) is 15.1. The highest BCUT2D eigenvalue weighted by atomic mass is 32.1. The molecule has 0 saturated carbocycles. The maximum absolute atomic E-state index is 2.45. The van der Waals surface area contributed by atoms with Crippen molar-refractivity contribution in [2.24, 2.45) is 0 Å². The Kier molecular flexibility index (Phi) is 7.11. The summed E-state index contributed by atoms with van der Waals surface area (Å²) in [4.78, 5) is 2.45. The van der Waals surface area contributed by atoms with E-state index in [0.29, 0.717) is 0 Å². The van der Waals surface area contributed by atoms with Gasteiger partial charge in [-0.25, -0.2) is 0 Å². The van der Waals surface area contributed by atoms with Gasteiger partial charge in [-0.2, -0.15) is 0 Å². The van der Waals surface area contributed by atoms with Crippen LogP contribution in [-0.2, 0) is 0 Å². The van der Waals surface area contributed by atoms with Crippen LogP contribution in [0.3, 0.4) is 0 Å². The minimum atomic E-state index is 1.12.